The molecule has 7 nitrogen and oxygen atoms in total. The molecule has 10 heteroatoms. The van der Waals surface area contributed by atoms with Crippen molar-refractivity contribution in [2.24, 2.45) is 0 Å². The van der Waals surface area contributed by atoms with E-state index in [4.69, 9.17) is 16.3 Å². The van der Waals surface area contributed by atoms with Gasteiger partial charge in [-0.1, -0.05) is 39.7 Å². The van der Waals surface area contributed by atoms with Gasteiger partial charge in [-0.05, 0) is 49.7 Å². The van der Waals surface area contributed by atoms with Gasteiger partial charge in [-0.3, -0.25) is 14.4 Å². The first-order chi connectivity index (χ1) is 15.0. The predicted molar refractivity (Wildman–Crippen MR) is 131 cm³/mol. The van der Waals surface area contributed by atoms with Crippen LogP contribution in [0.5, 0.6) is 5.75 Å². The number of rotatable bonds is 7. The SMILES string of the molecule is C[C@@H]1CN(Cc2ccc(Cl)cc2)[C@@H](C)CN1C(=O)COc1ccc(Br)cc1NS(C)(=O)=O. The number of halogens is 2. The summed E-state index contributed by atoms with van der Waals surface area (Å²) in [4.78, 5) is 17.1. The zero-order valence-electron chi connectivity index (χ0n) is 18.2. The molecule has 1 aliphatic heterocycles. The largest absolute Gasteiger partial charge is 0.482 e. The van der Waals surface area contributed by atoms with Crippen molar-refractivity contribution in [3.63, 3.8) is 0 Å². The van der Waals surface area contributed by atoms with Gasteiger partial charge in [-0.2, -0.15) is 0 Å². The van der Waals surface area contributed by atoms with Crippen LogP contribution >= 0.6 is 27.5 Å². The van der Waals surface area contributed by atoms with Gasteiger partial charge in [-0.15, -0.1) is 0 Å². The van der Waals surface area contributed by atoms with E-state index in [-0.39, 0.29) is 30.3 Å². The summed E-state index contributed by atoms with van der Waals surface area (Å²) in [6.07, 6.45) is 1.06. The molecule has 1 heterocycles. The molecule has 1 amide bonds. The van der Waals surface area contributed by atoms with Gasteiger partial charge < -0.3 is 9.64 Å². The molecule has 1 N–H and O–H groups in total. The Morgan fingerprint density at radius 3 is 2.50 bits per heavy atom. The maximum Gasteiger partial charge on any atom is 0.260 e. The average Bonchev–Trinajstić information content (AvgIpc) is 2.70. The quantitative estimate of drug-likeness (QED) is 0.571. The number of nitrogens with one attached hydrogen (secondary N) is 1. The maximum absolute atomic E-state index is 12.9. The van der Waals surface area contributed by atoms with E-state index in [0.29, 0.717) is 21.8 Å². The molecule has 0 aromatic heterocycles. The van der Waals surface area contributed by atoms with Gasteiger partial charge >= 0.3 is 0 Å². The summed E-state index contributed by atoms with van der Waals surface area (Å²) >= 11 is 9.29. The van der Waals surface area contributed by atoms with Crippen LogP contribution in [0.3, 0.4) is 0 Å². The summed E-state index contributed by atoms with van der Waals surface area (Å²) in [6, 6.07) is 13.0. The third-order valence-electron chi connectivity index (χ3n) is 5.32. The molecule has 174 valence electrons. The first kappa shape index (κ1) is 24.8. The molecule has 32 heavy (non-hydrogen) atoms. The summed E-state index contributed by atoms with van der Waals surface area (Å²) in [6.45, 7) is 6.08. The number of carbonyl (C=O) groups is 1. The van der Waals surface area contributed by atoms with Crippen molar-refractivity contribution in [1.29, 1.82) is 0 Å². The van der Waals surface area contributed by atoms with E-state index < -0.39 is 10.0 Å². The van der Waals surface area contributed by atoms with Crippen LogP contribution in [0.15, 0.2) is 46.9 Å². The number of carbonyl (C=O) groups excluding carboxylic acids is 1. The van der Waals surface area contributed by atoms with Gasteiger partial charge in [0.05, 0.1) is 11.9 Å². The molecule has 0 saturated carbocycles. The molecule has 0 aliphatic carbocycles. The normalized spacial score (nSPS) is 19.6. The number of ether oxygens (including phenoxy) is 1. The maximum atomic E-state index is 12.9. The molecule has 2 aromatic carbocycles. The summed E-state index contributed by atoms with van der Waals surface area (Å²) in [7, 11) is -3.48. The van der Waals surface area contributed by atoms with Crippen molar-refractivity contribution < 1.29 is 17.9 Å². The van der Waals surface area contributed by atoms with Crippen molar-refractivity contribution in [1.82, 2.24) is 9.80 Å². The fourth-order valence-electron chi connectivity index (χ4n) is 3.72. The second-order valence-corrected chi connectivity index (χ2v) is 11.2. The van der Waals surface area contributed by atoms with Gasteiger partial charge in [0.1, 0.15) is 5.75 Å². The van der Waals surface area contributed by atoms with E-state index in [2.05, 4.69) is 32.5 Å². The zero-order chi connectivity index (χ0) is 23.5. The third-order valence-corrected chi connectivity index (χ3v) is 6.66. The van der Waals surface area contributed by atoms with Crippen molar-refractivity contribution in [3.8, 4) is 5.75 Å². The lowest BCUT2D eigenvalue weighted by molar-refractivity contribution is -0.139. The Bertz CT molecular complexity index is 1070. The number of sulfonamides is 1. The van der Waals surface area contributed by atoms with E-state index in [1.54, 1.807) is 18.2 Å². The number of hydrogen-bond donors (Lipinski definition) is 1. The van der Waals surface area contributed by atoms with Gasteiger partial charge in [0, 0.05) is 41.2 Å². The molecule has 0 radical (unpaired) electrons. The Morgan fingerprint density at radius 2 is 1.84 bits per heavy atom. The van der Waals surface area contributed by atoms with E-state index in [1.165, 1.54) is 5.56 Å². The second-order valence-electron chi connectivity index (χ2n) is 8.10. The van der Waals surface area contributed by atoms with Crippen LogP contribution in [0.2, 0.25) is 5.02 Å². The summed E-state index contributed by atoms with van der Waals surface area (Å²) in [5.74, 6) is 0.165. The van der Waals surface area contributed by atoms with E-state index >= 15 is 0 Å². The molecule has 2 aromatic rings. The molecule has 3 rings (SSSR count). The lowest BCUT2D eigenvalue weighted by atomic mass is 10.1. The van der Waals surface area contributed by atoms with Crippen molar-refractivity contribution >= 4 is 49.1 Å². The lowest BCUT2D eigenvalue weighted by Gasteiger charge is -2.44. The van der Waals surface area contributed by atoms with Crippen LogP contribution in [0.1, 0.15) is 19.4 Å². The first-order valence-corrected chi connectivity index (χ1v) is 13.3. The Balaban J connectivity index is 1.61. The molecule has 1 aliphatic rings. The minimum atomic E-state index is -3.48. The molecule has 1 saturated heterocycles. The third kappa shape index (κ3) is 6.84. The Morgan fingerprint density at radius 1 is 1.16 bits per heavy atom. The van der Waals surface area contributed by atoms with Gasteiger partial charge in [0.25, 0.3) is 5.91 Å². The number of hydrogen-bond acceptors (Lipinski definition) is 5. The van der Waals surface area contributed by atoms with E-state index in [1.807, 2.05) is 36.1 Å². The molecular weight excluding hydrogens is 518 g/mol. The molecule has 2 atom stereocenters. The highest BCUT2D eigenvalue weighted by Gasteiger charge is 2.32. The average molecular weight is 545 g/mol. The minimum absolute atomic E-state index is 0.0214. The van der Waals surface area contributed by atoms with Crippen molar-refractivity contribution in [2.45, 2.75) is 32.5 Å². The van der Waals surface area contributed by atoms with Crippen molar-refractivity contribution in [2.75, 3.05) is 30.7 Å². The van der Waals surface area contributed by atoms with Crippen LogP contribution in [-0.2, 0) is 21.4 Å². The van der Waals surface area contributed by atoms with Crippen molar-refractivity contribution in [3.05, 3.63) is 57.5 Å². The highest BCUT2D eigenvalue weighted by molar-refractivity contribution is 9.10. The fourth-order valence-corrected chi connectivity index (χ4v) is 4.77. The highest BCUT2D eigenvalue weighted by Crippen LogP contribution is 2.29. The Hall–Kier alpha value is -1.81. The monoisotopic (exact) mass is 543 g/mol. The van der Waals surface area contributed by atoms with E-state index in [9.17, 15) is 13.2 Å². The first-order valence-electron chi connectivity index (χ1n) is 10.2. The van der Waals surface area contributed by atoms with Crippen LogP contribution in [0, 0.1) is 0 Å². The standard InChI is InChI=1S/C22H27BrClN3O4S/c1-15-12-27(16(2)11-26(15)13-17-4-7-19(24)8-5-17)22(28)14-31-21-9-6-18(23)10-20(21)25-32(3,29)30/h4-10,15-16,25H,11-14H2,1-3H3/t15-,16+/m0/s1. The predicted octanol–water partition coefficient (Wildman–Crippen LogP) is 3.97. The Kier molecular flexibility index (Phi) is 8.08. The zero-order valence-corrected chi connectivity index (χ0v) is 21.4. The Labute approximate surface area is 202 Å². The fraction of sp³-hybridized carbons (Fsp3) is 0.409. The number of anilines is 1. The van der Waals surface area contributed by atoms with Gasteiger partial charge in [0.2, 0.25) is 10.0 Å². The molecular formula is C22H27BrClN3O4S. The summed E-state index contributed by atoms with van der Waals surface area (Å²) in [5.41, 5.74) is 1.46. The van der Waals surface area contributed by atoms with E-state index in [0.717, 1.165) is 19.3 Å². The smallest absolute Gasteiger partial charge is 0.260 e. The topological polar surface area (TPSA) is 79.0 Å². The van der Waals surface area contributed by atoms with Crippen LogP contribution < -0.4 is 9.46 Å². The minimum Gasteiger partial charge on any atom is -0.482 e. The second kappa shape index (κ2) is 10.4. The van der Waals surface area contributed by atoms with Crippen LogP contribution in [-0.4, -0.2) is 62.2 Å². The summed E-state index contributed by atoms with van der Waals surface area (Å²) < 4.78 is 32.1. The van der Waals surface area contributed by atoms with Gasteiger partial charge in [-0.25, -0.2) is 8.42 Å². The highest BCUT2D eigenvalue weighted by atomic mass is 79.9. The number of benzene rings is 2. The van der Waals surface area contributed by atoms with Crippen LogP contribution in [0.4, 0.5) is 5.69 Å². The van der Waals surface area contributed by atoms with Crippen LogP contribution in [0.25, 0.3) is 0 Å². The number of nitrogens with zero attached hydrogens (tertiary/aromatic N) is 2. The molecule has 0 bridgehead atoms. The summed E-state index contributed by atoms with van der Waals surface area (Å²) in [5, 5.41) is 0.714. The molecule has 1 fully saturated rings. The molecule has 0 unspecified atom stereocenters. The lowest BCUT2D eigenvalue weighted by Crippen LogP contribution is -2.58. The number of piperazine rings is 1. The molecule has 0 spiro atoms. The number of amides is 1. The van der Waals surface area contributed by atoms with Gasteiger partial charge in [0.15, 0.2) is 6.61 Å².